The number of nitrogens with zero attached hydrogens (tertiary/aromatic N) is 1. The lowest BCUT2D eigenvalue weighted by atomic mass is 9.93. The molecule has 2 N–H and O–H groups in total. The van der Waals surface area contributed by atoms with E-state index in [4.69, 9.17) is 16.3 Å². The third-order valence-corrected chi connectivity index (χ3v) is 7.55. The van der Waals surface area contributed by atoms with E-state index in [-0.39, 0.29) is 12.4 Å². The Kier molecular flexibility index (Phi) is 5.40. The molecule has 0 amide bonds. The van der Waals surface area contributed by atoms with Crippen molar-refractivity contribution in [2.45, 2.75) is 70.0 Å². The summed E-state index contributed by atoms with van der Waals surface area (Å²) in [4.78, 5) is 4.47. The van der Waals surface area contributed by atoms with E-state index in [0.717, 1.165) is 0 Å². The standard InChI is InChI=1S/C18H27ClN2O4S/c1-16(2,22)11-14(12-9-7-8-10-13(12)19)20-15-21-26(23,24)18(5,6)17(3,4)25-15/h7-10,14,22H,11H2,1-6H3,(H,20,21)/t14-/m0/s1. The topological polar surface area (TPSA) is 88.0 Å². The Labute approximate surface area is 160 Å². The molecule has 0 aromatic heterocycles. The predicted molar refractivity (Wildman–Crippen MR) is 104 cm³/mol. The van der Waals surface area contributed by atoms with Crippen LogP contribution in [-0.4, -0.2) is 35.5 Å². The van der Waals surface area contributed by atoms with Gasteiger partial charge in [0, 0.05) is 11.4 Å². The normalized spacial score (nSPS) is 23.8. The number of nitrogens with one attached hydrogen (secondary N) is 1. The predicted octanol–water partition coefficient (Wildman–Crippen LogP) is 3.40. The van der Waals surface area contributed by atoms with Crippen molar-refractivity contribution in [3.05, 3.63) is 34.9 Å². The maximum Gasteiger partial charge on any atom is 0.299 e. The lowest BCUT2D eigenvalue weighted by molar-refractivity contribution is 0.0439. The number of rotatable bonds is 4. The molecule has 8 heteroatoms. The fourth-order valence-corrected chi connectivity index (χ4v) is 4.12. The molecule has 1 aromatic rings. The number of sulfonamides is 1. The Hall–Kier alpha value is -1.31. The SMILES string of the molecule is CC(C)(O)C[C@H](N=C1NS(=O)(=O)C(C)(C)C(C)(C)O1)c1ccccc1Cl. The van der Waals surface area contributed by atoms with Crippen LogP contribution in [0.3, 0.4) is 0 Å². The van der Waals surface area contributed by atoms with Gasteiger partial charge in [0.2, 0.25) is 10.0 Å². The summed E-state index contributed by atoms with van der Waals surface area (Å²) in [6.07, 6.45) is 0.245. The minimum atomic E-state index is -3.70. The number of ether oxygens (including phenoxy) is 1. The van der Waals surface area contributed by atoms with Crippen LogP contribution >= 0.6 is 11.6 Å². The zero-order valence-electron chi connectivity index (χ0n) is 16.0. The molecule has 0 radical (unpaired) electrons. The first-order chi connectivity index (χ1) is 11.7. The lowest BCUT2D eigenvalue weighted by Gasteiger charge is -2.44. The number of aliphatic hydroxyl groups is 1. The number of hydrogen-bond donors (Lipinski definition) is 2. The Morgan fingerprint density at radius 2 is 1.85 bits per heavy atom. The van der Waals surface area contributed by atoms with Gasteiger partial charge in [-0.25, -0.2) is 18.1 Å². The molecule has 26 heavy (non-hydrogen) atoms. The van der Waals surface area contributed by atoms with Gasteiger partial charge in [0.15, 0.2) is 0 Å². The van der Waals surface area contributed by atoms with E-state index in [0.29, 0.717) is 10.6 Å². The Balaban J connectivity index is 2.49. The van der Waals surface area contributed by atoms with Gasteiger partial charge in [-0.15, -0.1) is 0 Å². The third-order valence-electron chi connectivity index (χ3n) is 4.93. The average molecular weight is 403 g/mol. The second kappa shape index (κ2) is 6.69. The number of hydrogen-bond acceptors (Lipinski definition) is 5. The van der Waals surface area contributed by atoms with Crippen molar-refractivity contribution < 1.29 is 18.3 Å². The molecule has 0 saturated carbocycles. The van der Waals surface area contributed by atoms with Crippen LogP contribution in [0.25, 0.3) is 0 Å². The highest BCUT2D eigenvalue weighted by Gasteiger charge is 2.54. The zero-order chi connectivity index (χ0) is 20.0. The second-order valence-corrected chi connectivity index (χ2v) is 10.9. The minimum Gasteiger partial charge on any atom is -0.457 e. The fraction of sp³-hybridized carbons (Fsp3) is 0.611. The van der Waals surface area contributed by atoms with Gasteiger partial charge < -0.3 is 9.84 Å². The monoisotopic (exact) mass is 402 g/mol. The molecular weight excluding hydrogens is 376 g/mol. The average Bonchev–Trinajstić information content (AvgIpc) is 2.43. The summed E-state index contributed by atoms with van der Waals surface area (Å²) in [5, 5.41) is 10.8. The summed E-state index contributed by atoms with van der Waals surface area (Å²) in [5.41, 5.74) is -1.33. The van der Waals surface area contributed by atoms with Gasteiger partial charge in [-0.1, -0.05) is 29.8 Å². The Morgan fingerprint density at radius 1 is 1.27 bits per heavy atom. The molecule has 146 valence electrons. The van der Waals surface area contributed by atoms with E-state index in [9.17, 15) is 13.5 Å². The van der Waals surface area contributed by atoms with Gasteiger partial charge in [0.1, 0.15) is 10.3 Å². The largest absolute Gasteiger partial charge is 0.457 e. The van der Waals surface area contributed by atoms with Crippen LogP contribution in [-0.2, 0) is 14.8 Å². The molecule has 1 aliphatic heterocycles. The van der Waals surface area contributed by atoms with Gasteiger partial charge in [-0.3, -0.25) is 0 Å². The first kappa shape index (κ1) is 21.0. The molecule has 1 heterocycles. The van der Waals surface area contributed by atoms with Crippen molar-refractivity contribution in [3.63, 3.8) is 0 Å². The zero-order valence-corrected chi connectivity index (χ0v) is 17.6. The summed E-state index contributed by atoms with van der Waals surface area (Å²) in [6, 6.07) is 6.48. The maximum atomic E-state index is 12.7. The minimum absolute atomic E-state index is 0.0940. The summed E-state index contributed by atoms with van der Waals surface area (Å²) in [7, 11) is -3.70. The van der Waals surface area contributed by atoms with Crippen LogP contribution in [0.15, 0.2) is 29.3 Å². The number of benzene rings is 1. The van der Waals surface area contributed by atoms with Crippen LogP contribution in [0.5, 0.6) is 0 Å². The van der Waals surface area contributed by atoms with Crippen LogP contribution in [0.1, 0.15) is 59.6 Å². The molecule has 1 aromatic carbocycles. The van der Waals surface area contributed by atoms with E-state index in [1.54, 1.807) is 59.7 Å². The number of aliphatic imine (C=N–C) groups is 1. The first-order valence-electron chi connectivity index (χ1n) is 8.42. The molecule has 0 aliphatic carbocycles. The van der Waals surface area contributed by atoms with E-state index in [2.05, 4.69) is 9.71 Å². The highest BCUT2D eigenvalue weighted by Crippen LogP contribution is 2.37. The van der Waals surface area contributed by atoms with Crippen molar-refractivity contribution in [2.75, 3.05) is 0 Å². The van der Waals surface area contributed by atoms with Crippen LogP contribution in [0, 0.1) is 0 Å². The van der Waals surface area contributed by atoms with Gasteiger partial charge in [0.05, 0.1) is 11.6 Å². The molecule has 1 atom stereocenters. The summed E-state index contributed by atoms with van der Waals surface area (Å²) < 4.78 is 32.4. The summed E-state index contributed by atoms with van der Waals surface area (Å²) >= 11 is 6.29. The summed E-state index contributed by atoms with van der Waals surface area (Å²) in [6.45, 7) is 9.96. The molecule has 2 rings (SSSR count). The van der Waals surface area contributed by atoms with E-state index in [1.165, 1.54) is 0 Å². The molecule has 6 nitrogen and oxygen atoms in total. The number of halogens is 1. The van der Waals surface area contributed by atoms with Gasteiger partial charge in [0.25, 0.3) is 6.02 Å². The van der Waals surface area contributed by atoms with E-state index >= 15 is 0 Å². The first-order valence-corrected chi connectivity index (χ1v) is 10.3. The Bertz CT molecular complexity index is 811. The summed E-state index contributed by atoms with van der Waals surface area (Å²) in [5.74, 6) is 0. The number of amidine groups is 1. The van der Waals surface area contributed by atoms with E-state index in [1.807, 2.05) is 6.07 Å². The van der Waals surface area contributed by atoms with Crippen LogP contribution < -0.4 is 4.72 Å². The molecule has 0 bridgehead atoms. The van der Waals surface area contributed by atoms with E-state index < -0.39 is 32.0 Å². The highest BCUT2D eigenvalue weighted by molar-refractivity contribution is 7.91. The smallest absolute Gasteiger partial charge is 0.299 e. The Morgan fingerprint density at radius 3 is 2.35 bits per heavy atom. The maximum absolute atomic E-state index is 12.7. The fourth-order valence-electron chi connectivity index (χ4n) is 2.59. The molecule has 1 saturated heterocycles. The van der Waals surface area contributed by atoms with Gasteiger partial charge in [-0.2, -0.15) is 0 Å². The van der Waals surface area contributed by atoms with Gasteiger partial charge >= 0.3 is 0 Å². The molecule has 0 spiro atoms. The molecule has 1 aliphatic rings. The second-order valence-electron chi connectivity index (χ2n) is 8.22. The molecule has 0 unspecified atom stereocenters. The van der Waals surface area contributed by atoms with Crippen molar-refractivity contribution in [2.24, 2.45) is 4.99 Å². The van der Waals surface area contributed by atoms with Crippen molar-refractivity contribution in [3.8, 4) is 0 Å². The van der Waals surface area contributed by atoms with Gasteiger partial charge in [-0.05, 0) is 53.2 Å². The third kappa shape index (κ3) is 4.15. The van der Waals surface area contributed by atoms with Crippen molar-refractivity contribution in [1.29, 1.82) is 0 Å². The lowest BCUT2D eigenvalue weighted by Crippen LogP contribution is -2.64. The van der Waals surface area contributed by atoms with Crippen molar-refractivity contribution in [1.82, 2.24) is 4.72 Å². The van der Waals surface area contributed by atoms with Crippen LogP contribution in [0.2, 0.25) is 5.02 Å². The highest BCUT2D eigenvalue weighted by atomic mass is 35.5. The molecule has 1 fully saturated rings. The van der Waals surface area contributed by atoms with Crippen molar-refractivity contribution >= 4 is 27.6 Å². The van der Waals surface area contributed by atoms with Crippen LogP contribution in [0.4, 0.5) is 0 Å². The quantitative estimate of drug-likeness (QED) is 0.807. The molecular formula is C18H27ClN2O4S.